The third-order valence-electron chi connectivity index (χ3n) is 6.32. The summed E-state index contributed by atoms with van der Waals surface area (Å²) in [5.41, 5.74) is 9.87. The normalized spacial score (nSPS) is 29.0. The summed E-state index contributed by atoms with van der Waals surface area (Å²) in [4.78, 5) is 15.1. The van der Waals surface area contributed by atoms with E-state index in [4.69, 9.17) is 5.73 Å². The fourth-order valence-corrected chi connectivity index (χ4v) is 5.25. The largest absolute Gasteiger partial charge is 0.399 e. The number of rotatable bonds is 3. The minimum atomic E-state index is 0.0974. The number of nitrogen functional groups attached to an aromatic ring is 1. The second kappa shape index (κ2) is 6.42. The first-order chi connectivity index (χ1) is 11.3. The highest BCUT2D eigenvalue weighted by molar-refractivity contribution is 5.79. The number of fused-ring (bicyclic) bond motifs is 3. The molecule has 0 saturated heterocycles. The molecule has 0 spiro atoms. The summed E-state index contributed by atoms with van der Waals surface area (Å²) in [7, 11) is 1.98. The van der Waals surface area contributed by atoms with Crippen molar-refractivity contribution in [3.05, 3.63) is 29.3 Å². The monoisotopic (exact) mass is 328 g/mol. The fourth-order valence-electron chi connectivity index (χ4n) is 5.25. The third-order valence-corrected chi connectivity index (χ3v) is 6.32. The predicted octanol–water partition coefficient (Wildman–Crippen LogP) is 4.00. The van der Waals surface area contributed by atoms with Gasteiger partial charge in [-0.1, -0.05) is 33.3 Å². The first-order valence-corrected chi connectivity index (χ1v) is 9.47. The molecule has 1 aromatic rings. The standard InChI is InChI=1S/C21H32N2O/c1-14(2)13-23(4)20(24)17-6-5-11-21(3)18(17)10-8-15-7-9-16(22)12-19(15)21/h7,9,12,14,17-18H,5-6,8,10-11,13,22H2,1-4H3. The Morgan fingerprint density at radius 2 is 2.12 bits per heavy atom. The highest BCUT2D eigenvalue weighted by atomic mass is 16.2. The lowest BCUT2D eigenvalue weighted by Gasteiger charge is -2.50. The van der Waals surface area contributed by atoms with E-state index in [1.165, 1.54) is 17.5 Å². The van der Waals surface area contributed by atoms with Gasteiger partial charge in [-0.3, -0.25) is 4.79 Å². The van der Waals surface area contributed by atoms with E-state index in [9.17, 15) is 4.79 Å². The molecule has 1 aromatic carbocycles. The van der Waals surface area contributed by atoms with Crippen LogP contribution in [0.4, 0.5) is 5.69 Å². The molecule has 24 heavy (non-hydrogen) atoms. The van der Waals surface area contributed by atoms with Crippen molar-refractivity contribution in [2.24, 2.45) is 17.8 Å². The van der Waals surface area contributed by atoms with E-state index in [1.807, 2.05) is 18.0 Å². The van der Waals surface area contributed by atoms with E-state index in [0.29, 0.717) is 17.7 Å². The summed E-state index contributed by atoms with van der Waals surface area (Å²) in [6, 6.07) is 6.39. The van der Waals surface area contributed by atoms with Gasteiger partial charge in [-0.15, -0.1) is 0 Å². The van der Waals surface area contributed by atoms with E-state index < -0.39 is 0 Å². The number of hydrogen-bond acceptors (Lipinski definition) is 2. The van der Waals surface area contributed by atoms with E-state index in [2.05, 4.69) is 32.9 Å². The number of aryl methyl sites for hydroxylation is 1. The Labute approximate surface area is 146 Å². The van der Waals surface area contributed by atoms with Gasteiger partial charge >= 0.3 is 0 Å². The Bertz CT molecular complexity index is 624. The van der Waals surface area contributed by atoms with Crippen LogP contribution in [0.15, 0.2) is 18.2 Å². The average molecular weight is 329 g/mol. The van der Waals surface area contributed by atoms with Crippen LogP contribution >= 0.6 is 0 Å². The number of benzene rings is 1. The molecule has 132 valence electrons. The summed E-state index contributed by atoms with van der Waals surface area (Å²) in [5.74, 6) is 1.48. The van der Waals surface area contributed by atoms with Crippen LogP contribution in [0.2, 0.25) is 0 Å². The van der Waals surface area contributed by atoms with Crippen molar-refractivity contribution in [2.45, 2.75) is 58.3 Å². The van der Waals surface area contributed by atoms with Crippen molar-refractivity contribution in [1.82, 2.24) is 4.90 Å². The Morgan fingerprint density at radius 3 is 2.83 bits per heavy atom. The highest BCUT2D eigenvalue weighted by Crippen LogP contribution is 2.52. The van der Waals surface area contributed by atoms with Crippen molar-refractivity contribution < 1.29 is 4.79 Å². The van der Waals surface area contributed by atoms with Crippen LogP contribution in [0.3, 0.4) is 0 Å². The van der Waals surface area contributed by atoms with Crippen LogP contribution in [-0.4, -0.2) is 24.4 Å². The number of carbonyl (C=O) groups is 1. The lowest BCUT2D eigenvalue weighted by atomic mass is 9.54. The Kier molecular flexibility index (Phi) is 4.63. The van der Waals surface area contributed by atoms with Gasteiger partial charge in [0.15, 0.2) is 0 Å². The number of carbonyl (C=O) groups excluding carboxylic acids is 1. The zero-order valence-corrected chi connectivity index (χ0v) is 15.6. The SMILES string of the molecule is CC(C)CN(C)C(=O)C1CCCC2(C)c3cc(N)ccc3CCC12. The number of hydrogen-bond donors (Lipinski definition) is 1. The van der Waals surface area contributed by atoms with E-state index >= 15 is 0 Å². The molecule has 3 heteroatoms. The van der Waals surface area contributed by atoms with Crippen LogP contribution in [0.25, 0.3) is 0 Å². The van der Waals surface area contributed by atoms with Gasteiger partial charge in [0.25, 0.3) is 0 Å². The van der Waals surface area contributed by atoms with E-state index in [1.54, 1.807) is 0 Å². The minimum Gasteiger partial charge on any atom is -0.399 e. The molecule has 3 rings (SSSR count). The fraction of sp³-hybridized carbons (Fsp3) is 0.667. The lowest BCUT2D eigenvalue weighted by Crippen LogP contribution is -2.49. The molecular formula is C21H32N2O. The van der Waals surface area contributed by atoms with Crippen LogP contribution < -0.4 is 5.73 Å². The van der Waals surface area contributed by atoms with Gasteiger partial charge in [-0.05, 0) is 66.2 Å². The zero-order valence-electron chi connectivity index (χ0n) is 15.6. The summed E-state index contributed by atoms with van der Waals surface area (Å²) < 4.78 is 0. The topological polar surface area (TPSA) is 46.3 Å². The Hall–Kier alpha value is -1.51. The summed E-state index contributed by atoms with van der Waals surface area (Å²) in [5, 5.41) is 0. The third kappa shape index (κ3) is 2.94. The molecule has 3 atom stereocenters. The number of amides is 1. The molecule has 0 radical (unpaired) electrons. The number of anilines is 1. The molecule has 0 aromatic heterocycles. The maximum Gasteiger partial charge on any atom is 0.225 e. The second-order valence-electron chi connectivity index (χ2n) is 8.59. The molecule has 1 fully saturated rings. The maximum absolute atomic E-state index is 13.1. The van der Waals surface area contributed by atoms with Crippen LogP contribution in [0.1, 0.15) is 57.6 Å². The number of nitrogens with zero attached hydrogens (tertiary/aromatic N) is 1. The molecule has 2 aliphatic rings. The highest BCUT2D eigenvalue weighted by Gasteiger charge is 2.48. The molecule has 3 nitrogen and oxygen atoms in total. The molecule has 2 aliphatic carbocycles. The minimum absolute atomic E-state index is 0.0974. The van der Waals surface area contributed by atoms with E-state index in [-0.39, 0.29) is 11.3 Å². The molecular weight excluding hydrogens is 296 g/mol. The maximum atomic E-state index is 13.1. The van der Waals surface area contributed by atoms with Gasteiger partial charge in [0.2, 0.25) is 5.91 Å². The van der Waals surface area contributed by atoms with Gasteiger partial charge in [-0.25, -0.2) is 0 Å². The first-order valence-electron chi connectivity index (χ1n) is 9.47. The molecule has 0 aliphatic heterocycles. The molecule has 1 saturated carbocycles. The summed E-state index contributed by atoms with van der Waals surface area (Å²) in [6.45, 7) is 7.57. The van der Waals surface area contributed by atoms with Crippen LogP contribution in [0.5, 0.6) is 0 Å². The Balaban J connectivity index is 1.90. The van der Waals surface area contributed by atoms with Crippen molar-refractivity contribution in [1.29, 1.82) is 0 Å². The van der Waals surface area contributed by atoms with Gasteiger partial charge in [0, 0.05) is 25.2 Å². The van der Waals surface area contributed by atoms with Crippen molar-refractivity contribution >= 4 is 11.6 Å². The van der Waals surface area contributed by atoms with Gasteiger partial charge < -0.3 is 10.6 Å². The smallest absolute Gasteiger partial charge is 0.225 e. The first kappa shape index (κ1) is 17.3. The zero-order chi connectivity index (χ0) is 17.5. The average Bonchev–Trinajstić information content (AvgIpc) is 2.52. The predicted molar refractivity (Wildman–Crippen MR) is 99.8 cm³/mol. The molecule has 0 heterocycles. The molecule has 2 N–H and O–H groups in total. The molecule has 3 unspecified atom stereocenters. The van der Waals surface area contributed by atoms with Crippen molar-refractivity contribution in [2.75, 3.05) is 19.3 Å². The summed E-state index contributed by atoms with van der Waals surface area (Å²) in [6.07, 6.45) is 5.55. The van der Waals surface area contributed by atoms with Gasteiger partial charge in [0.05, 0.1) is 0 Å². The number of nitrogens with two attached hydrogens (primary N) is 1. The quantitative estimate of drug-likeness (QED) is 0.852. The molecule has 0 bridgehead atoms. The van der Waals surface area contributed by atoms with Gasteiger partial charge in [-0.2, -0.15) is 0 Å². The van der Waals surface area contributed by atoms with Gasteiger partial charge in [0.1, 0.15) is 0 Å². The second-order valence-corrected chi connectivity index (χ2v) is 8.59. The molecule has 1 amide bonds. The van der Waals surface area contributed by atoms with Crippen molar-refractivity contribution in [3.63, 3.8) is 0 Å². The van der Waals surface area contributed by atoms with Crippen molar-refractivity contribution in [3.8, 4) is 0 Å². The van der Waals surface area contributed by atoms with E-state index in [0.717, 1.165) is 37.9 Å². The van der Waals surface area contributed by atoms with Crippen LogP contribution in [0, 0.1) is 17.8 Å². The Morgan fingerprint density at radius 1 is 1.38 bits per heavy atom. The summed E-state index contributed by atoms with van der Waals surface area (Å²) >= 11 is 0. The lowest BCUT2D eigenvalue weighted by molar-refractivity contribution is -0.139. The van der Waals surface area contributed by atoms with Crippen LogP contribution in [-0.2, 0) is 16.6 Å².